The summed E-state index contributed by atoms with van der Waals surface area (Å²) in [4.78, 5) is 4.60. The molecule has 0 bridgehead atoms. The van der Waals surface area contributed by atoms with Crippen molar-refractivity contribution in [3.63, 3.8) is 0 Å². The molecular weight excluding hydrogens is 242 g/mol. The number of phenolic OH excluding ortho intramolecular Hbond substituents is 1. The Balaban J connectivity index is 2.16. The molecule has 0 fully saturated rings. The maximum atomic E-state index is 9.47. The molecule has 0 aliphatic carbocycles. The number of nitrogens with zero attached hydrogens (tertiary/aromatic N) is 1. The third-order valence-corrected chi connectivity index (χ3v) is 4.19. The smallest absolute Gasteiger partial charge is 0.124 e. The second-order valence-corrected chi connectivity index (χ2v) is 5.50. The standard InChI is InChI=1S/C15H13NOS/c1-9-3-4-11(7-10(9)2)15-16-13-6-5-12(17)8-14(13)18-15/h3-8,17H,1-2H3. The van der Waals surface area contributed by atoms with E-state index in [-0.39, 0.29) is 5.75 Å². The first kappa shape index (κ1) is 11.2. The first-order valence-corrected chi connectivity index (χ1v) is 6.62. The van der Waals surface area contributed by atoms with E-state index in [1.807, 2.05) is 6.07 Å². The molecule has 0 unspecified atom stereocenters. The van der Waals surface area contributed by atoms with Gasteiger partial charge in [-0.05, 0) is 49.2 Å². The van der Waals surface area contributed by atoms with Crippen molar-refractivity contribution < 1.29 is 5.11 Å². The third-order valence-electron chi connectivity index (χ3n) is 3.13. The lowest BCUT2D eigenvalue weighted by atomic mass is 10.1. The Morgan fingerprint density at radius 2 is 1.83 bits per heavy atom. The summed E-state index contributed by atoms with van der Waals surface area (Å²) in [5, 5.41) is 10.5. The van der Waals surface area contributed by atoms with Gasteiger partial charge in [0.1, 0.15) is 10.8 Å². The first-order chi connectivity index (χ1) is 8.63. The zero-order chi connectivity index (χ0) is 12.7. The number of aromatic hydroxyl groups is 1. The van der Waals surface area contributed by atoms with Gasteiger partial charge in [0, 0.05) is 5.56 Å². The summed E-state index contributed by atoms with van der Waals surface area (Å²) in [6.07, 6.45) is 0. The SMILES string of the molecule is Cc1ccc(-c2nc3ccc(O)cc3s2)cc1C. The van der Waals surface area contributed by atoms with Crippen LogP contribution >= 0.6 is 11.3 Å². The number of aryl methyl sites for hydroxylation is 2. The lowest BCUT2D eigenvalue weighted by Crippen LogP contribution is -1.82. The Labute approximate surface area is 110 Å². The van der Waals surface area contributed by atoms with Gasteiger partial charge in [-0.3, -0.25) is 0 Å². The molecule has 90 valence electrons. The molecule has 3 aromatic rings. The van der Waals surface area contributed by atoms with E-state index in [0.717, 1.165) is 20.8 Å². The van der Waals surface area contributed by atoms with Crippen LogP contribution in [0.1, 0.15) is 11.1 Å². The molecule has 2 nitrogen and oxygen atoms in total. The van der Waals surface area contributed by atoms with Gasteiger partial charge in [-0.1, -0.05) is 12.1 Å². The van der Waals surface area contributed by atoms with Crippen LogP contribution in [0.5, 0.6) is 5.75 Å². The van der Waals surface area contributed by atoms with Crippen molar-refractivity contribution in [1.82, 2.24) is 4.98 Å². The van der Waals surface area contributed by atoms with Crippen LogP contribution in [0.25, 0.3) is 20.8 Å². The number of hydrogen-bond acceptors (Lipinski definition) is 3. The van der Waals surface area contributed by atoms with Crippen LogP contribution in [-0.2, 0) is 0 Å². The number of aromatic nitrogens is 1. The van der Waals surface area contributed by atoms with Gasteiger partial charge in [-0.15, -0.1) is 11.3 Å². The minimum atomic E-state index is 0.290. The fraction of sp³-hybridized carbons (Fsp3) is 0.133. The van der Waals surface area contributed by atoms with Crippen molar-refractivity contribution in [2.24, 2.45) is 0 Å². The second kappa shape index (κ2) is 4.10. The van der Waals surface area contributed by atoms with Crippen LogP contribution in [0, 0.1) is 13.8 Å². The molecule has 0 radical (unpaired) electrons. The average Bonchev–Trinajstić information content (AvgIpc) is 2.75. The predicted octanol–water partition coefficient (Wildman–Crippen LogP) is 4.29. The van der Waals surface area contributed by atoms with Crippen LogP contribution in [0.4, 0.5) is 0 Å². The highest BCUT2D eigenvalue weighted by Crippen LogP contribution is 2.32. The van der Waals surface area contributed by atoms with E-state index >= 15 is 0 Å². The van der Waals surface area contributed by atoms with Gasteiger partial charge < -0.3 is 5.11 Å². The van der Waals surface area contributed by atoms with Gasteiger partial charge >= 0.3 is 0 Å². The Hall–Kier alpha value is -1.87. The Bertz CT molecular complexity index is 730. The maximum absolute atomic E-state index is 9.47. The van der Waals surface area contributed by atoms with E-state index in [1.54, 1.807) is 23.5 Å². The second-order valence-electron chi connectivity index (χ2n) is 4.47. The van der Waals surface area contributed by atoms with Crippen molar-refractivity contribution in [3.05, 3.63) is 47.5 Å². The van der Waals surface area contributed by atoms with Crippen LogP contribution in [-0.4, -0.2) is 10.1 Å². The summed E-state index contributed by atoms with van der Waals surface area (Å²) in [5.41, 5.74) is 4.64. The van der Waals surface area contributed by atoms with E-state index in [1.165, 1.54) is 11.1 Å². The summed E-state index contributed by atoms with van der Waals surface area (Å²) in [6, 6.07) is 11.7. The molecule has 0 aliphatic rings. The van der Waals surface area contributed by atoms with Crippen molar-refractivity contribution in [2.45, 2.75) is 13.8 Å². The fourth-order valence-electron chi connectivity index (χ4n) is 1.91. The van der Waals surface area contributed by atoms with E-state index < -0.39 is 0 Å². The van der Waals surface area contributed by atoms with Gasteiger partial charge in [0.05, 0.1) is 10.2 Å². The predicted molar refractivity (Wildman–Crippen MR) is 76.2 cm³/mol. The van der Waals surface area contributed by atoms with E-state index in [4.69, 9.17) is 0 Å². The summed E-state index contributed by atoms with van der Waals surface area (Å²) >= 11 is 1.61. The molecule has 1 aromatic heterocycles. The van der Waals surface area contributed by atoms with Crippen LogP contribution in [0.3, 0.4) is 0 Å². The summed E-state index contributed by atoms with van der Waals surface area (Å²) in [6.45, 7) is 4.22. The lowest BCUT2D eigenvalue weighted by Gasteiger charge is -2.01. The molecule has 3 rings (SSSR count). The number of benzene rings is 2. The van der Waals surface area contributed by atoms with Crippen molar-refractivity contribution >= 4 is 21.6 Å². The molecule has 0 atom stereocenters. The van der Waals surface area contributed by atoms with Gasteiger partial charge in [0.2, 0.25) is 0 Å². The zero-order valence-electron chi connectivity index (χ0n) is 10.3. The quantitative estimate of drug-likeness (QED) is 0.703. The highest BCUT2D eigenvalue weighted by Gasteiger charge is 2.07. The fourth-order valence-corrected chi connectivity index (χ4v) is 2.91. The summed E-state index contributed by atoms with van der Waals surface area (Å²) in [7, 11) is 0. The number of rotatable bonds is 1. The van der Waals surface area contributed by atoms with Gasteiger partial charge in [-0.25, -0.2) is 4.98 Å². The zero-order valence-corrected chi connectivity index (χ0v) is 11.1. The third kappa shape index (κ3) is 1.87. The molecule has 1 heterocycles. The van der Waals surface area contributed by atoms with Gasteiger partial charge in [0.25, 0.3) is 0 Å². The average molecular weight is 255 g/mol. The molecule has 0 amide bonds. The normalized spacial score (nSPS) is 11.0. The minimum absolute atomic E-state index is 0.290. The highest BCUT2D eigenvalue weighted by atomic mass is 32.1. The minimum Gasteiger partial charge on any atom is -0.508 e. The Morgan fingerprint density at radius 3 is 2.61 bits per heavy atom. The molecule has 0 aliphatic heterocycles. The monoisotopic (exact) mass is 255 g/mol. The molecule has 1 N–H and O–H groups in total. The largest absolute Gasteiger partial charge is 0.508 e. The first-order valence-electron chi connectivity index (χ1n) is 5.81. The van der Waals surface area contributed by atoms with E-state index in [2.05, 4.69) is 37.0 Å². The molecule has 3 heteroatoms. The number of thiazole rings is 1. The Kier molecular flexibility index (Phi) is 2.56. The molecule has 18 heavy (non-hydrogen) atoms. The van der Waals surface area contributed by atoms with E-state index in [0.29, 0.717) is 0 Å². The van der Waals surface area contributed by atoms with Crippen LogP contribution < -0.4 is 0 Å². The number of hydrogen-bond donors (Lipinski definition) is 1. The molecular formula is C15H13NOS. The summed E-state index contributed by atoms with van der Waals surface area (Å²) in [5.74, 6) is 0.290. The molecule has 0 saturated carbocycles. The highest BCUT2D eigenvalue weighted by molar-refractivity contribution is 7.21. The van der Waals surface area contributed by atoms with Crippen molar-refractivity contribution in [2.75, 3.05) is 0 Å². The molecule has 2 aromatic carbocycles. The number of fused-ring (bicyclic) bond motifs is 1. The van der Waals surface area contributed by atoms with Crippen LogP contribution in [0.2, 0.25) is 0 Å². The van der Waals surface area contributed by atoms with Crippen molar-refractivity contribution in [1.29, 1.82) is 0 Å². The maximum Gasteiger partial charge on any atom is 0.124 e. The van der Waals surface area contributed by atoms with Crippen molar-refractivity contribution in [3.8, 4) is 16.3 Å². The Morgan fingerprint density at radius 1 is 1.00 bits per heavy atom. The topological polar surface area (TPSA) is 33.1 Å². The number of phenols is 1. The summed E-state index contributed by atoms with van der Waals surface area (Å²) < 4.78 is 1.02. The lowest BCUT2D eigenvalue weighted by molar-refractivity contribution is 0.476. The molecule has 0 spiro atoms. The van der Waals surface area contributed by atoms with Gasteiger partial charge in [0.15, 0.2) is 0 Å². The molecule has 0 saturated heterocycles. The van der Waals surface area contributed by atoms with Crippen LogP contribution in [0.15, 0.2) is 36.4 Å². The van der Waals surface area contributed by atoms with E-state index in [9.17, 15) is 5.11 Å². The van der Waals surface area contributed by atoms with Gasteiger partial charge in [-0.2, -0.15) is 0 Å².